The molecule has 136 valence electrons. The fourth-order valence-electron chi connectivity index (χ4n) is 3.78. The molecule has 0 bridgehead atoms. The first-order chi connectivity index (χ1) is 13.1. The smallest absolute Gasteiger partial charge is 0.254 e. The average Bonchev–Trinajstić information content (AvgIpc) is 2.73. The van der Waals surface area contributed by atoms with E-state index >= 15 is 0 Å². The number of ketones is 1. The lowest BCUT2D eigenvalue weighted by molar-refractivity contribution is 0.0652. The molecule has 1 saturated heterocycles. The third-order valence-corrected chi connectivity index (χ3v) is 5.30. The molecule has 3 aromatic carbocycles. The van der Waals surface area contributed by atoms with Gasteiger partial charge in [-0.1, -0.05) is 36.4 Å². The number of hydrogen-bond acceptors (Lipinski definition) is 2. The topological polar surface area (TPSA) is 37.4 Å². The number of fused-ring (bicyclic) bond motifs is 1. The highest BCUT2D eigenvalue weighted by molar-refractivity contribution is 6.07. The monoisotopic (exact) mass is 361 g/mol. The van der Waals surface area contributed by atoms with Gasteiger partial charge in [-0.2, -0.15) is 0 Å². The largest absolute Gasteiger partial charge is 0.339 e. The average molecular weight is 361 g/mol. The first-order valence-electron chi connectivity index (χ1n) is 9.20. The van der Waals surface area contributed by atoms with Crippen LogP contribution in [0.15, 0.2) is 66.7 Å². The third kappa shape index (κ3) is 3.47. The van der Waals surface area contributed by atoms with Crippen molar-refractivity contribution in [1.29, 1.82) is 0 Å². The van der Waals surface area contributed by atoms with Crippen LogP contribution < -0.4 is 0 Å². The number of rotatable bonds is 3. The maximum absolute atomic E-state index is 13.0. The van der Waals surface area contributed by atoms with Gasteiger partial charge in [0.2, 0.25) is 0 Å². The molecule has 0 radical (unpaired) electrons. The number of halogens is 1. The van der Waals surface area contributed by atoms with Crippen molar-refractivity contribution >= 4 is 22.5 Å². The zero-order chi connectivity index (χ0) is 18.8. The van der Waals surface area contributed by atoms with Crippen molar-refractivity contribution in [3.05, 3.63) is 83.7 Å². The second-order valence-corrected chi connectivity index (χ2v) is 6.96. The van der Waals surface area contributed by atoms with E-state index in [-0.39, 0.29) is 23.4 Å². The minimum Gasteiger partial charge on any atom is -0.339 e. The summed E-state index contributed by atoms with van der Waals surface area (Å²) in [4.78, 5) is 27.4. The molecule has 1 aliphatic heterocycles. The van der Waals surface area contributed by atoms with Crippen LogP contribution in [0.1, 0.15) is 33.6 Å². The molecule has 1 amide bonds. The molecule has 0 spiro atoms. The normalized spacial score (nSPS) is 15.1. The van der Waals surface area contributed by atoms with Crippen molar-refractivity contribution in [3.63, 3.8) is 0 Å². The van der Waals surface area contributed by atoms with Gasteiger partial charge in [0.25, 0.3) is 5.91 Å². The van der Waals surface area contributed by atoms with Crippen molar-refractivity contribution < 1.29 is 14.0 Å². The molecule has 0 aromatic heterocycles. The van der Waals surface area contributed by atoms with Crippen molar-refractivity contribution in [2.45, 2.75) is 12.8 Å². The van der Waals surface area contributed by atoms with Crippen LogP contribution in [0.5, 0.6) is 0 Å². The summed E-state index contributed by atoms with van der Waals surface area (Å²) in [6, 6.07) is 19.3. The number of amides is 1. The van der Waals surface area contributed by atoms with Gasteiger partial charge in [0.15, 0.2) is 5.78 Å². The Labute approximate surface area is 157 Å². The van der Waals surface area contributed by atoms with Crippen LogP contribution in [0.3, 0.4) is 0 Å². The van der Waals surface area contributed by atoms with Crippen molar-refractivity contribution in [2.24, 2.45) is 5.92 Å². The van der Waals surface area contributed by atoms with E-state index in [1.54, 1.807) is 0 Å². The van der Waals surface area contributed by atoms with E-state index in [1.807, 2.05) is 47.4 Å². The molecule has 1 fully saturated rings. The van der Waals surface area contributed by atoms with Gasteiger partial charge in [-0.05, 0) is 53.9 Å². The van der Waals surface area contributed by atoms with Gasteiger partial charge >= 0.3 is 0 Å². The van der Waals surface area contributed by atoms with E-state index in [1.165, 1.54) is 24.3 Å². The van der Waals surface area contributed by atoms with Crippen molar-refractivity contribution in [1.82, 2.24) is 4.90 Å². The molecular weight excluding hydrogens is 341 g/mol. The fraction of sp³-hybridized carbons (Fsp3) is 0.217. The number of carbonyl (C=O) groups excluding carboxylic acids is 2. The quantitative estimate of drug-likeness (QED) is 0.634. The first kappa shape index (κ1) is 17.4. The molecule has 27 heavy (non-hydrogen) atoms. The van der Waals surface area contributed by atoms with E-state index in [2.05, 4.69) is 0 Å². The molecule has 1 heterocycles. The standard InChI is InChI=1S/C23H20FNO2/c24-19-10-8-17(9-11-19)22(26)18-12-14-25(15-13-18)23(27)21-7-3-5-16-4-1-2-6-20(16)21/h1-11,18H,12-15H2. The Kier molecular flexibility index (Phi) is 4.71. The Balaban J connectivity index is 1.46. The second kappa shape index (κ2) is 7.31. The molecular formula is C23H20FNO2. The lowest BCUT2D eigenvalue weighted by Gasteiger charge is -2.31. The van der Waals surface area contributed by atoms with Gasteiger partial charge in [0.05, 0.1) is 0 Å². The summed E-state index contributed by atoms with van der Waals surface area (Å²) in [7, 11) is 0. The summed E-state index contributed by atoms with van der Waals surface area (Å²) < 4.78 is 13.0. The summed E-state index contributed by atoms with van der Waals surface area (Å²) in [5, 5.41) is 2.00. The molecule has 4 rings (SSSR count). The number of piperidine rings is 1. The lowest BCUT2D eigenvalue weighted by atomic mass is 9.88. The third-order valence-electron chi connectivity index (χ3n) is 5.30. The van der Waals surface area contributed by atoms with Gasteiger partial charge in [-0.25, -0.2) is 4.39 Å². The van der Waals surface area contributed by atoms with E-state index < -0.39 is 0 Å². The fourth-order valence-corrected chi connectivity index (χ4v) is 3.78. The Morgan fingerprint density at radius 3 is 2.26 bits per heavy atom. The number of benzene rings is 3. The van der Waals surface area contributed by atoms with Crippen molar-refractivity contribution in [2.75, 3.05) is 13.1 Å². The van der Waals surface area contributed by atoms with Gasteiger partial charge in [-0.3, -0.25) is 9.59 Å². The maximum Gasteiger partial charge on any atom is 0.254 e. The number of hydrogen-bond donors (Lipinski definition) is 0. The van der Waals surface area contributed by atoms with Crippen LogP contribution in [0.25, 0.3) is 10.8 Å². The molecule has 3 aromatic rings. The molecule has 0 aliphatic carbocycles. The highest BCUT2D eigenvalue weighted by Crippen LogP contribution is 2.25. The molecule has 4 heteroatoms. The van der Waals surface area contributed by atoms with Gasteiger partial charge < -0.3 is 4.90 Å². The van der Waals surface area contributed by atoms with E-state index in [4.69, 9.17) is 0 Å². The van der Waals surface area contributed by atoms with E-state index in [0.29, 0.717) is 37.1 Å². The van der Waals surface area contributed by atoms with Crippen molar-refractivity contribution in [3.8, 4) is 0 Å². The summed E-state index contributed by atoms with van der Waals surface area (Å²) in [6.07, 6.45) is 1.26. The van der Waals surface area contributed by atoms with Crippen LogP contribution in [0.4, 0.5) is 4.39 Å². The Hall–Kier alpha value is -3.01. The van der Waals surface area contributed by atoms with Crippen LogP contribution in [-0.4, -0.2) is 29.7 Å². The summed E-state index contributed by atoms with van der Waals surface area (Å²) >= 11 is 0. The lowest BCUT2D eigenvalue weighted by Crippen LogP contribution is -2.40. The predicted molar refractivity (Wildman–Crippen MR) is 103 cm³/mol. The first-order valence-corrected chi connectivity index (χ1v) is 9.20. The number of carbonyl (C=O) groups is 2. The van der Waals surface area contributed by atoms with E-state index in [0.717, 1.165) is 10.8 Å². The van der Waals surface area contributed by atoms with Gasteiger partial charge in [0.1, 0.15) is 5.82 Å². The number of likely N-dealkylation sites (tertiary alicyclic amines) is 1. The van der Waals surface area contributed by atoms with Crippen LogP contribution in [0.2, 0.25) is 0 Å². The number of Topliss-reactive ketones (excluding diaryl/α,β-unsaturated/α-hetero) is 1. The van der Waals surface area contributed by atoms with Crippen LogP contribution in [-0.2, 0) is 0 Å². The predicted octanol–water partition coefficient (Wildman–Crippen LogP) is 4.71. The summed E-state index contributed by atoms with van der Waals surface area (Å²) in [6.45, 7) is 1.11. The molecule has 0 N–H and O–H groups in total. The Morgan fingerprint density at radius 2 is 1.52 bits per heavy atom. The molecule has 0 unspecified atom stereocenters. The maximum atomic E-state index is 13.0. The second-order valence-electron chi connectivity index (χ2n) is 6.96. The molecule has 0 saturated carbocycles. The van der Waals surface area contributed by atoms with E-state index in [9.17, 15) is 14.0 Å². The molecule has 3 nitrogen and oxygen atoms in total. The zero-order valence-corrected chi connectivity index (χ0v) is 14.9. The SMILES string of the molecule is O=C(c1ccc(F)cc1)C1CCN(C(=O)c2cccc3ccccc23)CC1. The Morgan fingerprint density at radius 1 is 0.852 bits per heavy atom. The zero-order valence-electron chi connectivity index (χ0n) is 14.9. The van der Waals surface area contributed by atoms with Gasteiger partial charge in [0, 0.05) is 30.1 Å². The molecule has 0 atom stereocenters. The number of nitrogens with zero attached hydrogens (tertiary/aromatic N) is 1. The minimum atomic E-state index is -0.345. The summed E-state index contributed by atoms with van der Waals surface area (Å²) in [5.41, 5.74) is 1.24. The summed E-state index contributed by atoms with van der Waals surface area (Å²) in [5.74, 6) is -0.416. The minimum absolute atomic E-state index is 0.0134. The highest BCUT2D eigenvalue weighted by Gasteiger charge is 2.28. The van der Waals surface area contributed by atoms with Crippen LogP contribution in [0, 0.1) is 11.7 Å². The highest BCUT2D eigenvalue weighted by atomic mass is 19.1. The Bertz CT molecular complexity index is 983. The van der Waals surface area contributed by atoms with Crippen LogP contribution >= 0.6 is 0 Å². The van der Waals surface area contributed by atoms with Gasteiger partial charge in [-0.15, -0.1) is 0 Å². The molecule has 1 aliphatic rings.